The van der Waals surface area contributed by atoms with Crippen molar-refractivity contribution in [1.29, 1.82) is 0 Å². The summed E-state index contributed by atoms with van der Waals surface area (Å²) in [6.07, 6.45) is 2.12. The lowest BCUT2D eigenvalue weighted by atomic mass is 10.2. The quantitative estimate of drug-likeness (QED) is 0.471. The third-order valence-electron chi connectivity index (χ3n) is 4.86. The number of halogens is 1. The second-order valence-corrected chi connectivity index (χ2v) is 8.18. The molecule has 1 aliphatic heterocycles. The Labute approximate surface area is 172 Å². The number of benzene rings is 2. The van der Waals surface area contributed by atoms with Crippen LogP contribution in [0.25, 0.3) is 10.9 Å². The first-order valence-electron chi connectivity index (χ1n) is 9.26. The number of para-hydroxylation sites is 1. The van der Waals surface area contributed by atoms with E-state index >= 15 is 0 Å². The minimum Gasteiger partial charge on any atom is -0.342 e. The molecule has 0 radical (unpaired) electrons. The molecule has 0 aliphatic carbocycles. The number of hydrogen-bond donors (Lipinski definition) is 0. The topological polar surface area (TPSA) is 55.2 Å². The van der Waals surface area contributed by atoms with Gasteiger partial charge in [-0.1, -0.05) is 47.6 Å². The second kappa shape index (κ2) is 8.37. The molecule has 0 unspecified atom stereocenters. The highest BCUT2D eigenvalue weighted by Crippen LogP contribution is 2.21. The molecular formula is C21H20ClN3O2S. The van der Waals surface area contributed by atoms with Gasteiger partial charge >= 0.3 is 0 Å². The van der Waals surface area contributed by atoms with Crippen LogP contribution in [0.15, 0.2) is 58.5 Å². The van der Waals surface area contributed by atoms with Gasteiger partial charge in [-0.05, 0) is 42.7 Å². The Morgan fingerprint density at radius 1 is 1.07 bits per heavy atom. The molecule has 7 heteroatoms. The van der Waals surface area contributed by atoms with E-state index < -0.39 is 0 Å². The molecule has 0 N–H and O–H groups in total. The molecule has 0 spiro atoms. The maximum Gasteiger partial charge on any atom is 0.262 e. The summed E-state index contributed by atoms with van der Waals surface area (Å²) in [6.45, 7) is 2.03. The Kier molecular flexibility index (Phi) is 5.69. The van der Waals surface area contributed by atoms with Gasteiger partial charge in [0.25, 0.3) is 5.56 Å². The van der Waals surface area contributed by atoms with Crippen LogP contribution in [0.2, 0.25) is 5.02 Å². The maximum absolute atomic E-state index is 13.1. The van der Waals surface area contributed by atoms with Gasteiger partial charge in [-0.25, -0.2) is 4.98 Å². The van der Waals surface area contributed by atoms with Gasteiger partial charge in [-0.3, -0.25) is 14.2 Å². The van der Waals surface area contributed by atoms with E-state index in [1.807, 2.05) is 35.2 Å². The molecule has 5 nitrogen and oxygen atoms in total. The molecule has 0 saturated carbocycles. The second-order valence-electron chi connectivity index (χ2n) is 6.81. The van der Waals surface area contributed by atoms with Gasteiger partial charge in [0.1, 0.15) is 0 Å². The molecule has 1 aromatic heterocycles. The number of carbonyl (C=O) groups is 1. The van der Waals surface area contributed by atoms with Crippen LogP contribution in [0.1, 0.15) is 18.4 Å². The summed E-state index contributed by atoms with van der Waals surface area (Å²) in [7, 11) is 0. The first kappa shape index (κ1) is 19.0. The summed E-state index contributed by atoms with van der Waals surface area (Å²) in [5, 5.41) is 1.79. The fraction of sp³-hybridized carbons (Fsp3) is 0.286. The fourth-order valence-electron chi connectivity index (χ4n) is 3.35. The zero-order chi connectivity index (χ0) is 19.5. The van der Waals surface area contributed by atoms with Crippen LogP contribution in [0, 0.1) is 0 Å². The van der Waals surface area contributed by atoms with E-state index in [4.69, 9.17) is 11.6 Å². The van der Waals surface area contributed by atoms with E-state index in [0.29, 0.717) is 27.6 Å². The third kappa shape index (κ3) is 4.08. The van der Waals surface area contributed by atoms with Crippen molar-refractivity contribution in [3.05, 3.63) is 69.5 Å². The largest absolute Gasteiger partial charge is 0.342 e. The average molecular weight is 414 g/mol. The molecule has 144 valence electrons. The van der Waals surface area contributed by atoms with Crippen molar-refractivity contribution in [3.63, 3.8) is 0 Å². The predicted octanol–water partition coefficient (Wildman–Crippen LogP) is 3.81. The number of fused-ring (bicyclic) bond motifs is 1. The third-order valence-corrected chi connectivity index (χ3v) is 6.08. The minimum absolute atomic E-state index is 0.1000. The molecule has 1 saturated heterocycles. The van der Waals surface area contributed by atoms with Crippen molar-refractivity contribution in [2.24, 2.45) is 0 Å². The summed E-state index contributed by atoms with van der Waals surface area (Å²) in [5.41, 5.74) is 1.50. The monoisotopic (exact) mass is 413 g/mol. The standard InChI is InChI=1S/C21H20ClN3O2S/c22-16-9-7-15(8-10-16)13-25-20(27)17-5-1-2-6-18(17)23-21(25)28-14-19(26)24-11-3-4-12-24/h1-2,5-10H,3-4,11-14H2. The molecule has 2 heterocycles. The number of thioether (sulfide) groups is 1. The van der Waals surface area contributed by atoms with E-state index in [1.54, 1.807) is 22.8 Å². The first-order chi connectivity index (χ1) is 13.6. The van der Waals surface area contributed by atoms with Crippen molar-refractivity contribution in [3.8, 4) is 0 Å². The van der Waals surface area contributed by atoms with Crippen LogP contribution in [0.3, 0.4) is 0 Å². The maximum atomic E-state index is 13.1. The van der Waals surface area contributed by atoms with E-state index in [9.17, 15) is 9.59 Å². The number of rotatable bonds is 5. The van der Waals surface area contributed by atoms with Gasteiger partial charge in [-0.15, -0.1) is 0 Å². The molecule has 2 aromatic carbocycles. The molecule has 0 bridgehead atoms. The van der Waals surface area contributed by atoms with Gasteiger partial charge in [0.05, 0.1) is 23.2 Å². The van der Waals surface area contributed by atoms with Crippen LogP contribution < -0.4 is 5.56 Å². The summed E-state index contributed by atoms with van der Waals surface area (Å²) < 4.78 is 1.65. The van der Waals surface area contributed by atoms with Crippen molar-refractivity contribution in [2.75, 3.05) is 18.8 Å². The summed E-state index contributed by atoms with van der Waals surface area (Å²) >= 11 is 7.30. The number of amides is 1. The fourth-order valence-corrected chi connectivity index (χ4v) is 4.38. The first-order valence-corrected chi connectivity index (χ1v) is 10.6. The number of carbonyl (C=O) groups excluding carboxylic acids is 1. The molecule has 4 rings (SSSR count). The number of nitrogens with zero attached hydrogens (tertiary/aromatic N) is 3. The number of aromatic nitrogens is 2. The highest BCUT2D eigenvalue weighted by atomic mass is 35.5. The van der Waals surface area contributed by atoms with Crippen LogP contribution in [0.5, 0.6) is 0 Å². The molecule has 1 amide bonds. The Balaban J connectivity index is 1.67. The van der Waals surface area contributed by atoms with E-state index in [0.717, 1.165) is 31.5 Å². The lowest BCUT2D eigenvalue weighted by Crippen LogP contribution is -2.30. The van der Waals surface area contributed by atoms with Crippen LogP contribution >= 0.6 is 23.4 Å². The highest BCUT2D eigenvalue weighted by Gasteiger charge is 2.19. The summed E-state index contributed by atoms with van der Waals surface area (Å²) in [5.74, 6) is 0.383. The average Bonchev–Trinajstić information content (AvgIpc) is 3.25. The van der Waals surface area contributed by atoms with Crippen molar-refractivity contribution in [1.82, 2.24) is 14.5 Å². The Hall–Kier alpha value is -2.31. The lowest BCUT2D eigenvalue weighted by Gasteiger charge is -2.16. The van der Waals surface area contributed by atoms with Crippen LogP contribution in [-0.4, -0.2) is 39.2 Å². The highest BCUT2D eigenvalue weighted by molar-refractivity contribution is 7.99. The van der Waals surface area contributed by atoms with Crippen molar-refractivity contribution >= 4 is 40.2 Å². The zero-order valence-corrected chi connectivity index (χ0v) is 16.9. The normalized spacial score (nSPS) is 14.0. The summed E-state index contributed by atoms with van der Waals surface area (Å²) in [6, 6.07) is 14.7. The SMILES string of the molecule is O=C(CSc1nc2ccccc2c(=O)n1Cc1ccc(Cl)cc1)N1CCCC1. The Bertz CT molecular complexity index is 1060. The van der Waals surface area contributed by atoms with Crippen LogP contribution in [0.4, 0.5) is 0 Å². The van der Waals surface area contributed by atoms with Crippen molar-refractivity contribution in [2.45, 2.75) is 24.5 Å². The minimum atomic E-state index is -0.100. The van der Waals surface area contributed by atoms with Gasteiger partial charge in [0.2, 0.25) is 5.91 Å². The molecule has 1 fully saturated rings. The summed E-state index contributed by atoms with van der Waals surface area (Å²) in [4.78, 5) is 32.1. The van der Waals surface area contributed by atoms with Gasteiger partial charge in [0, 0.05) is 18.1 Å². The number of hydrogen-bond acceptors (Lipinski definition) is 4. The molecule has 1 aliphatic rings. The molecule has 28 heavy (non-hydrogen) atoms. The van der Waals surface area contributed by atoms with Gasteiger partial charge in [0.15, 0.2) is 5.16 Å². The predicted molar refractivity (Wildman–Crippen MR) is 113 cm³/mol. The van der Waals surface area contributed by atoms with E-state index in [-0.39, 0.29) is 17.2 Å². The van der Waals surface area contributed by atoms with E-state index in [1.165, 1.54) is 11.8 Å². The van der Waals surface area contributed by atoms with Gasteiger partial charge in [-0.2, -0.15) is 0 Å². The van der Waals surface area contributed by atoms with Crippen LogP contribution in [-0.2, 0) is 11.3 Å². The Morgan fingerprint density at radius 3 is 2.54 bits per heavy atom. The zero-order valence-electron chi connectivity index (χ0n) is 15.3. The number of likely N-dealkylation sites (tertiary alicyclic amines) is 1. The van der Waals surface area contributed by atoms with E-state index in [2.05, 4.69) is 4.98 Å². The molecule has 0 atom stereocenters. The Morgan fingerprint density at radius 2 is 1.79 bits per heavy atom. The van der Waals surface area contributed by atoms with Crippen molar-refractivity contribution < 1.29 is 4.79 Å². The smallest absolute Gasteiger partial charge is 0.262 e. The molecule has 3 aromatic rings. The lowest BCUT2D eigenvalue weighted by molar-refractivity contribution is -0.127. The van der Waals surface area contributed by atoms with Gasteiger partial charge < -0.3 is 4.90 Å². The molecular weight excluding hydrogens is 394 g/mol.